The van der Waals surface area contributed by atoms with E-state index < -0.39 is 0 Å². The third-order valence-electron chi connectivity index (χ3n) is 2.48. The van der Waals surface area contributed by atoms with Gasteiger partial charge in [-0.1, -0.05) is 37.8 Å². The molecule has 1 rings (SSSR count). The quantitative estimate of drug-likeness (QED) is 0.594. The van der Waals surface area contributed by atoms with Crippen LogP contribution in [-0.4, -0.2) is 5.11 Å². The van der Waals surface area contributed by atoms with Gasteiger partial charge in [0.25, 0.3) is 0 Å². The first-order valence-electron chi connectivity index (χ1n) is 5.44. The molecular formula is C12H20O. The zero-order valence-electron chi connectivity index (χ0n) is 8.34. The highest BCUT2D eigenvalue weighted by atomic mass is 16.3. The minimum atomic E-state index is 0.539. The Bertz CT molecular complexity index is 180. The molecule has 0 radical (unpaired) electrons. The van der Waals surface area contributed by atoms with Crippen molar-refractivity contribution in [1.29, 1.82) is 0 Å². The van der Waals surface area contributed by atoms with Gasteiger partial charge in [0.05, 0.1) is 5.76 Å². The van der Waals surface area contributed by atoms with Crippen molar-refractivity contribution in [2.45, 2.75) is 51.4 Å². The van der Waals surface area contributed by atoms with E-state index in [-0.39, 0.29) is 0 Å². The topological polar surface area (TPSA) is 20.2 Å². The van der Waals surface area contributed by atoms with Crippen molar-refractivity contribution in [3.05, 3.63) is 24.0 Å². The maximum Gasteiger partial charge on any atom is 0.0922 e. The lowest BCUT2D eigenvalue weighted by atomic mass is 10.1. The average Bonchev–Trinajstić information content (AvgIpc) is 2.11. The van der Waals surface area contributed by atoms with Gasteiger partial charge in [0.2, 0.25) is 0 Å². The van der Waals surface area contributed by atoms with Gasteiger partial charge in [-0.3, -0.25) is 0 Å². The summed E-state index contributed by atoms with van der Waals surface area (Å²) in [5, 5.41) is 9.40. The summed E-state index contributed by atoms with van der Waals surface area (Å²) in [6.45, 7) is 0. The zero-order chi connectivity index (χ0) is 9.36. The predicted octanol–water partition coefficient (Wildman–Crippen LogP) is 4.12. The van der Waals surface area contributed by atoms with Gasteiger partial charge >= 0.3 is 0 Å². The van der Waals surface area contributed by atoms with Gasteiger partial charge in [0.15, 0.2) is 0 Å². The van der Waals surface area contributed by atoms with Crippen molar-refractivity contribution in [3.63, 3.8) is 0 Å². The fourth-order valence-corrected chi connectivity index (χ4v) is 1.63. The van der Waals surface area contributed by atoms with E-state index in [9.17, 15) is 5.11 Å². The second kappa shape index (κ2) is 6.76. The van der Waals surface area contributed by atoms with Gasteiger partial charge in [-0.05, 0) is 25.3 Å². The van der Waals surface area contributed by atoms with Gasteiger partial charge in [0, 0.05) is 6.42 Å². The molecule has 0 aromatic carbocycles. The molecule has 0 saturated heterocycles. The smallest absolute Gasteiger partial charge is 0.0922 e. The van der Waals surface area contributed by atoms with Crippen molar-refractivity contribution >= 4 is 0 Å². The highest BCUT2D eigenvalue weighted by Gasteiger charge is 1.95. The lowest BCUT2D eigenvalue weighted by Crippen LogP contribution is -1.85. The summed E-state index contributed by atoms with van der Waals surface area (Å²) < 4.78 is 0. The van der Waals surface area contributed by atoms with Crippen LogP contribution in [0.4, 0.5) is 0 Å². The van der Waals surface area contributed by atoms with E-state index in [4.69, 9.17) is 0 Å². The van der Waals surface area contributed by atoms with Crippen molar-refractivity contribution < 1.29 is 5.11 Å². The van der Waals surface area contributed by atoms with Crippen molar-refractivity contribution in [3.8, 4) is 0 Å². The molecule has 0 aromatic heterocycles. The lowest BCUT2D eigenvalue weighted by molar-refractivity contribution is 0.380. The van der Waals surface area contributed by atoms with E-state index in [1.807, 2.05) is 12.2 Å². The van der Waals surface area contributed by atoms with E-state index in [2.05, 4.69) is 6.08 Å². The van der Waals surface area contributed by atoms with Gasteiger partial charge in [0.1, 0.15) is 0 Å². The minimum absolute atomic E-state index is 0.539. The zero-order valence-corrected chi connectivity index (χ0v) is 8.34. The molecule has 0 aliphatic heterocycles. The molecule has 0 aromatic rings. The molecule has 1 heteroatoms. The van der Waals surface area contributed by atoms with Crippen LogP contribution in [0.1, 0.15) is 51.4 Å². The Kier molecular flexibility index (Phi) is 5.39. The van der Waals surface area contributed by atoms with Crippen molar-refractivity contribution in [1.82, 2.24) is 0 Å². The SMILES string of the molecule is OC1=CC=CCCCCCCCC1. The standard InChI is InChI=1S/C12H20O/c13-12-10-8-6-4-2-1-3-5-7-9-11-12/h6,8,10,13H,1-5,7,9,11H2. The summed E-state index contributed by atoms with van der Waals surface area (Å²) in [7, 11) is 0. The molecule has 0 saturated carbocycles. The number of hydrogen-bond acceptors (Lipinski definition) is 1. The molecule has 1 N–H and O–H groups in total. The second-order valence-corrected chi connectivity index (χ2v) is 3.75. The minimum Gasteiger partial charge on any atom is -0.512 e. The van der Waals surface area contributed by atoms with Crippen LogP contribution in [0.15, 0.2) is 24.0 Å². The first-order valence-corrected chi connectivity index (χ1v) is 5.44. The summed E-state index contributed by atoms with van der Waals surface area (Å²) in [4.78, 5) is 0. The summed E-state index contributed by atoms with van der Waals surface area (Å²) in [6, 6.07) is 0. The summed E-state index contributed by atoms with van der Waals surface area (Å²) in [5.74, 6) is 0.539. The monoisotopic (exact) mass is 180 g/mol. The van der Waals surface area contributed by atoms with Crippen molar-refractivity contribution in [2.24, 2.45) is 0 Å². The molecule has 0 amide bonds. The maximum atomic E-state index is 9.40. The third-order valence-corrected chi connectivity index (χ3v) is 2.48. The Labute approximate surface area is 81.2 Å². The van der Waals surface area contributed by atoms with Gasteiger partial charge < -0.3 is 5.11 Å². The molecule has 0 heterocycles. The molecule has 1 nitrogen and oxygen atoms in total. The normalized spacial score (nSPS) is 21.4. The van der Waals surface area contributed by atoms with Crippen LogP contribution in [0.5, 0.6) is 0 Å². The maximum absolute atomic E-state index is 9.40. The Morgan fingerprint density at radius 2 is 1.62 bits per heavy atom. The number of allylic oxidation sites excluding steroid dienone is 4. The highest BCUT2D eigenvalue weighted by Crippen LogP contribution is 2.12. The molecule has 0 atom stereocenters. The Morgan fingerprint density at radius 3 is 2.46 bits per heavy atom. The van der Waals surface area contributed by atoms with E-state index >= 15 is 0 Å². The second-order valence-electron chi connectivity index (χ2n) is 3.75. The van der Waals surface area contributed by atoms with Crippen LogP contribution in [0, 0.1) is 0 Å². The first kappa shape index (κ1) is 10.4. The summed E-state index contributed by atoms with van der Waals surface area (Å²) in [6.07, 6.45) is 15.7. The molecule has 74 valence electrons. The molecule has 1 aliphatic carbocycles. The lowest BCUT2D eigenvalue weighted by Gasteiger charge is -2.02. The Hall–Kier alpha value is -0.720. The van der Waals surface area contributed by atoms with Gasteiger partial charge in [-0.25, -0.2) is 0 Å². The average molecular weight is 180 g/mol. The van der Waals surface area contributed by atoms with Crippen LogP contribution in [-0.2, 0) is 0 Å². The van der Waals surface area contributed by atoms with Crippen molar-refractivity contribution in [2.75, 3.05) is 0 Å². The molecule has 0 bridgehead atoms. The van der Waals surface area contributed by atoms with Gasteiger partial charge in [-0.2, -0.15) is 0 Å². The summed E-state index contributed by atoms with van der Waals surface area (Å²) in [5.41, 5.74) is 0. The van der Waals surface area contributed by atoms with Crippen LogP contribution >= 0.6 is 0 Å². The largest absolute Gasteiger partial charge is 0.512 e. The number of hydrogen-bond donors (Lipinski definition) is 1. The Morgan fingerprint density at radius 1 is 0.923 bits per heavy atom. The van der Waals surface area contributed by atoms with E-state index in [0.29, 0.717) is 5.76 Å². The number of aliphatic hydroxyl groups excluding tert-OH is 1. The molecule has 0 spiro atoms. The van der Waals surface area contributed by atoms with Crippen LogP contribution in [0.3, 0.4) is 0 Å². The van der Waals surface area contributed by atoms with E-state index in [1.54, 1.807) is 0 Å². The Balaban J connectivity index is 2.34. The highest BCUT2D eigenvalue weighted by molar-refractivity contribution is 5.06. The van der Waals surface area contributed by atoms with E-state index in [1.165, 1.54) is 32.1 Å². The molecular weight excluding hydrogens is 160 g/mol. The molecule has 0 unspecified atom stereocenters. The molecule has 1 aliphatic rings. The number of rotatable bonds is 0. The van der Waals surface area contributed by atoms with E-state index in [0.717, 1.165) is 19.3 Å². The first-order chi connectivity index (χ1) is 6.39. The van der Waals surface area contributed by atoms with Crippen LogP contribution < -0.4 is 0 Å². The van der Waals surface area contributed by atoms with Crippen LogP contribution in [0.2, 0.25) is 0 Å². The number of aliphatic hydroxyl groups is 1. The molecule has 0 fully saturated rings. The van der Waals surface area contributed by atoms with Gasteiger partial charge in [-0.15, -0.1) is 0 Å². The predicted molar refractivity (Wildman–Crippen MR) is 56.8 cm³/mol. The summed E-state index contributed by atoms with van der Waals surface area (Å²) >= 11 is 0. The van der Waals surface area contributed by atoms with Crippen LogP contribution in [0.25, 0.3) is 0 Å². The fourth-order valence-electron chi connectivity index (χ4n) is 1.63. The fraction of sp³-hybridized carbons (Fsp3) is 0.667. The molecule has 13 heavy (non-hydrogen) atoms. The third kappa shape index (κ3) is 5.51.